The molecule has 0 unspecified atom stereocenters. The zero-order chi connectivity index (χ0) is 10.3. The monoisotopic (exact) mass is 192 g/mol. The van der Waals surface area contributed by atoms with Crippen LogP contribution in [-0.2, 0) is 4.74 Å². The molecule has 0 N–H and O–H groups in total. The summed E-state index contributed by atoms with van der Waals surface area (Å²) in [4.78, 5) is 0. The smallest absolute Gasteiger partial charge is 0.122 e. The van der Waals surface area contributed by atoms with Gasteiger partial charge in [-0.25, -0.2) is 0 Å². The van der Waals surface area contributed by atoms with E-state index in [1.807, 2.05) is 0 Å². The zero-order valence-electron chi connectivity index (χ0n) is 9.68. The number of rotatable bonds is 1. The molecule has 0 fully saturated rings. The van der Waals surface area contributed by atoms with Crippen LogP contribution in [0.4, 0.5) is 0 Å². The zero-order valence-corrected chi connectivity index (χ0v) is 9.68. The lowest BCUT2D eigenvalue weighted by molar-refractivity contribution is 0.0643. The van der Waals surface area contributed by atoms with Gasteiger partial charge in [0.25, 0.3) is 0 Å². The van der Waals surface area contributed by atoms with Gasteiger partial charge in [-0.2, -0.15) is 0 Å². The van der Waals surface area contributed by atoms with Crippen molar-refractivity contribution in [3.63, 3.8) is 0 Å². The van der Waals surface area contributed by atoms with Gasteiger partial charge in [0.2, 0.25) is 0 Å². The van der Waals surface area contributed by atoms with E-state index in [1.165, 1.54) is 24.2 Å². The van der Waals surface area contributed by atoms with Gasteiger partial charge in [-0.15, -0.1) is 0 Å². The van der Waals surface area contributed by atoms with Crippen molar-refractivity contribution in [2.45, 2.75) is 52.6 Å². The number of ether oxygens (including phenoxy) is 1. The fourth-order valence-corrected chi connectivity index (χ4v) is 2.44. The van der Waals surface area contributed by atoms with Gasteiger partial charge in [0.05, 0.1) is 0 Å². The second kappa shape index (κ2) is 3.15. The minimum absolute atomic E-state index is 0.0307. The van der Waals surface area contributed by atoms with Crippen molar-refractivity contribution in [3.8, 4) is 0 Å². The standard InChI is InChI=1S/C13H20O/c1-9(2)11-7-5-6-10-8-13(3,4)14-12(10)11/h7,9H,5-6,8H2,1-4H3. The van der Waals surface area contributed by atoms with E-state index in [9.17, 15) is 0 Å². The summed E-state index contributed by atoms with van der Waals surface area (Å²) < 4.78 is 6.04. The third-order valence-electron chi connectivity index (χ3n) is 3.03. The molecule has 0 saturated heterocycles. The summed E-state index contributed by atoms with van der Waals surface area (Å²) in [6.45, 7) is 8.86. The third-order valence-corrected chi connectivity index (χ3v) is 3.03. The molecular formula is C13H20O. The number of allylic oxidation sites excluding steroid dienone is 2. The molecule has 0 spiro atoms. The van der Waals surface area contributed by atoms with Gasteiger partial charge in [-0.1, -0.05) is 19.9 Å². The topological polar surface area (TPSA) is 9.23 Å². The quantitative estimate of drug-likeness (QED) is 0.613. The molecule has 1 heteroatoms. The van der Waals surface area contributed by atoms with Crippen molar-refractivity contribution in [1.29, 1.82) is 0 Å². The molecule has 0 saturated carbocycles. The second-order valence-corrected chi connectivity index (χ2v) is 5.32. The summed E-state index contributed by atoms with van der Waals surface area (Å²) in [7, 11) is 0. The Hall–Kier alpha value is -0.720. The molecule has 14 heavy (non-hydrogen) atoms. The molecule has 0 aromatic carbocycles. The van der Waals surface area contributed by atoms with Gasteiger partial charge >= 0.3 is 0 Å². The van der Waals surface area contributed by atoms with Crippen LogP contribution in [0.2, 0.25) is 0 Å². The largest absolute Gasteiger partial charge is 0.487 e. The van der Waals surface area contributed by atoms with Crippen LogP contribution in [-0.4, -0.2) is 5.60 Å². The summed E-state index contributed by atoms with van der Waals surface area (Å²) in [6.07, 6.45) is 5.87. The maximum absolute atomic E-state index is 6.04. The maximum atomic E-state index is 6.04. The predicted octanol–water partition coefficient (Wildman–Crippen LogP) is 3.82. The molecule has 0 aromatic rings. The second-order valence-electron chi connectivity index (χ2n) is 5.32. The van der Waals surface area contributed by atoms with Crippen LogP contribution in [0.5, 0.6) is 0 Å². The van der Waals surface area contributed by atoms with Crippen molar-refractivity contribution in [2.24, 2.45) is 5.92 Å². The van der Waals surface area contributed by atoms with E-state index >= 15 is 0 Å². The van der Waals surface area contributed by atoms with Gasteiger partial charge in [0, 0.05) is 6.42 Å². The van der Waals surface area contributed by atoms with Crippen LogP contribution >= 0.6 is 0 Å². The molecule has 78 valence electrons. The molecule has 2 rings (SSSR count). The Kier molecular flexibility index (Phi) is 2.21. The summed E-state index contributed by atoms with van der Waals surface area (Å²) in [5.74, 6) is 1.81. The van der Waals surface area contributed by atoms with E-state index in [0.717, 1.165) is 6.42 Å². The van der Waals surface area contributed by atoms with Gasteiger partial charge < -0.3 is 4.74 Å². The fraction of sp³-hybridized carbons (Fsp3) is 0.692. The molecule has 1 nitrogen and oxygen atoms in total. The average Bonchev–Trinajstić information content (AvgIpc) is 2.36. The van der Waals surface area contributed by atoms with E-state index in [1.54, 1.807) is 5.57 Å². The highest BCUT2D eigenvalue weighted by Gasteiger charge is 2.35. The Labute approximate surface area is 86.8 Å². The van der Waals surface area contributed by atoms with Crippen LogP contribution in [0.1, 0.15) is 47.0 Å². The van der Waals surface area contributed by atoms with Crippen molar-refractivity contribution in [2.75, 3.05) is 0 Å². The molecule has 0 amide bonds. The summed E-state index contributed by atoms with van der Waals surface area (Å²) >= 11 is 0. The lowest BCUT2D eigenvalue weighted by atomic mass is 9.89. The van der Waals surface area contributed by atoms with Crippen LogP contribution in [0.3, 0.4) is 0 Å². The van der Waals surface area contributed by atoms with Gasteiger partial charge in [0.1, 0.15) is 11.4 Å². The van der Waals surface area contributed by atoms with E-state index in [2.05, 4.69) is 33.8 Å². The lowest BCUT2D eigenvalue weighted by Gasteiger charge is -2.22. The molecule has 1 aliphatic heterocycles. The predicted molar refractivity (Wildman–Crippen MR) is 59.0 cm³/mol. The first-order valence-corrected chi connectivity index (χ1v) is 5.61. The average molecular weight is 192 g/mol. The highest BCUT2D eigenvalue weighted by Crippen LogP contribution is 2.43. The maximum Gasteiger partial charge on any atom is 0.122 e. The fourth-order valence-electron chi connectivity index (χ4n) is 2.44. The summed E-state index contributed by atoms with van der Waals surface area (Å²) in [6, 6.07) is 0. The van der Waals surface area contributed by atoms with Gasteiger partial charge in [0.15, 0.2) is 0 Å². The molecule has 0 atom stereocenters. The minimum Gasteiger partial charge on any atom is -0.487 e. The van der Waals surface area contributed by atoms with Crippen LogP contribution < -0.4 is 0 Å². The van der Waals surface area contributed by atoms with Gasteiger partial charge in [-0.3, -0.25) is 0 Å². The third kappa shape index (κ3) is 1.60. The van der Waals surface area contributed by atoms with E-state index in [-0.39, 0.29) is 5.60 Å². The minimum atomic E-state index is 0.0307. The van der Waals surface area contributed by atoms with E-state index in [0.29, 0.717) is 5.92 Å². The van der Waals surface area contributed by atoms with Crippen molar-refractivity contribution in [1.82, 2.24) is 0 Å². The van der Waals surface area contributed by atoms with Crippen LogP contribution in [0.25, 0.3) is 0 Å². The lowest BCUT2D eigenvalue weighted by Crippen LogP contribution is -2.18. The van der Waals surface area contributed by atoms with E-state index in [4.69, 9.17) is 4.74 Å². The van der Waals surface area contributed by atoms with Crippen molar-refractivity contribution >= 4 is 0 Å². The van der Waals surface area contributed by atoms with Gasteiger partial charge in [-0.05, 0) is 43.8 Å². The molecule has 0 bridgehead atoms. The van der Waals surface area contributed by atoms with E-state index < -0.39 is 0 Å². The van der Waals surface area contributed by atoms with Crippen LogP contribution in [0.15, 0.2) is 23.0 Å². The molecule has 2 aliphatic rings. The SMILES string of the molecule is CC(C)C1=CCCC2=C1OC(C)(C)C2. The first-order valence-electron chi connectivity index (χ1n) is 5.61. The molecule has 0 radical (unpaired) electrons. The highest BCUT2D eigenvalue weighted by molar-refractivity contribution is 5.39. The summed E-state index contributed by atoms with van der Waals surface area (Å²) in [5, 5.41) is 0. The number of hydrogen-bond donors (Lipinski definition) is 0. The Morgan fingerprint density at radius 1 is 1.36 bits per heavy atom. The molecule has 1 heterocycles. The summed E-state index contributed by atoms with van der Waals surface area (Å²) in [5.41, 5.74) is 3.00. The Bertz CT molecular complexity index is 305. The highest BCUT2D eigenvalue weighted by atomic mass is 16.5. The van der Waals surface area contributed by atoms with Crippen molar-refractivity contribution in [3.05, 3.63) is 23.0 Å². The Balaban J connectivity index is 2.28. The Morgan fingerprint density at radius 2 is 2.07 bits per heavy atom. The normalized spacial score (nSPS) is 24.8. The first-order chi connectivity index (χ1) is 6.49. The van der Waals surface area contributed by atoms with Crippen molar-refractivity contribution < 1.29 is 4.74 Å². The molecular weight excluding hydrogens is 172 g/mol. The molecule has 0 aromatic heterocycles. The first kappa shape index (κ1) is 9.82. The van der Waals surface area contributed by atoms with Crippen LogP contribution in [0, 0.1) is 5.92 Å². The number of hydrogen-bond acceptors (Lipinski definition) is 1. The molecule has 1 aliphatic carbocycles. The Morgan fingerprint density at radius 3 is 2.71 bits per heavy atom.